The molecule has 0 unspecified atom stereocenters. The Labute approximate surface area is 125 Å². The van der Waals surface area contributed by atoms with Crippen LogP contribution >= 0.6 is 11.6 Å². The van der Waals surface area contributed by atoms with E-state index in [-0.39, 0.29) is 21.9 Å². The van der Waals surface area contributed by atoms with Crippen molar-refractivity contribution in [2.75, 3.05) is 19.8 Å². The Balaban J connectivity index is 2.25. The van der Waals surface area contributed by atoms with Crippen LogP contribution in [0.4, 0.5) is 8.78 Å². The van der Waals surface area contributed by atoms with Gasteiger partial charge < -0.3 is 9.47 Å². The third-order valence-corrected chi connectivity index (χ3v) is 4.34. The van der Waals surface area contributed by atoms with Crippen molar-refractivity contribution in [1.82, 2.24) is 9.71 Å². The van der Waals surface area contributed by atoms with Crippen molar-refractivity contribution in [1.29, 1.82) is 0 Å². The number of halogens is 3. The topological polar surface area (TPSA) is 77.5 Å². The Bertz CT molecular complexity index is 594. The van der Waals surface area contributed by atoms with E-state index >= 15 is 0 Å². The van der Waals surface area contributed by atoms with Gasteiger partial charge in [0, 0.05) is 12.5 Å². The average Bonchev–Trinajstić information content (AvgIpc) is 2.89. The van der Waals surface area contributed by atoms with Gasteiger partial charge in [-0.2, -0.15) is 0 Å². The molecule has 1 aromatic heterocycles. The van der Waals surface area contributed by atoms with Gasteiger partial charge in [0.05, 0.1) is 26.0 Å². The number of hydrogen-bond acceptors (Lipinski definition) is 5. The first-order valence-corrected chi connectivity index (χ1v) is 7.92. The Morgan fingerprint density at radius 3 is 2.95 bits per heavy atom. The van der Waals surface area contributed by atoms with Crippen LogP contribution in [0.25, 0.3) is 0 Å². The maximum Gasteiger partial charge on any atom is 0.251 e. The van der Waals surface area contributed by atoms with E-state index in [0.29, 0.717) is 19.6 Å². The molecule has 0 aliphatic carbocycles. The normalized spacial score (nSPS) is 19.1. The van der Waals surface area contributed by atoms with E-state index in [2.05, 4.69) is 4.98 Å². The van der Waals surface area contributed by atoms with Crippen LogP contribution in [0.3, 0.4) is 0 Å². The van der Waals surface area contributed by atoms with Gasteiger partial charge in [0.15, 0.2) is 0 Å². The fourth-order valence-corrected chi connectivity index (χ4v) is 2.94. The van der Waals surface area contributed by atoms with E-state index in [4.69, 9.17) is 21.1 Å². The highest BCUT2D eigenvalue weighted by molar-refractivity contribution is 7.89. The third kappa shape index (κ3) is 4.47. The van der Waals surface area contributed by atoms with E-state index < -0.39 is 23.0 Å². The van der Waals surface area contributed by atoms with Crippen molar-refractivity contribution < 1.29 is 26.7 Å². The third-order valence-electron chi connectivity index (χ3n) is 2.70. The van der Waals surface area contributed by atoms with Gasteiger partial charge in [-0.05, 0) is 0 Å². The number of sulfonamides is 1. The molecule has 0 saturated carbocycles. The number of nitrogens with one attached hydrogen (secondary N) is 1. The molecule has 1 N–H and O–H groups in total. The summed E-state index contributed by atoms with van der Waals surface area (Å²) >= 11 is 5.72. The second-order valence-electron chi connectivity index (χ2n) is 4.30. The molecule has 1 aromatic rings. The summed E-state index contributed by atoms with van der Waals surface area (Å²) in [5.74, 6) is -0.0349. The minimum absolute atomic E-state index is 0.0349. The van der Waals surface area contributed by atoms with Crippen LogP contribution in [0.15, 0.2) is 17.2 Å². The fraction of sp³-hybridized carbons (Fsp3) is 0.545. The number of rotatable bonds is 6. The van der Waals surface area contributed by atoms with Crippen molar-refractivity contribution >= 4 is 21.6 Å². The minimum Gasteiger partial charge on any atom is -0.486 e. The number of aromatic nitrogens is 1. The smallest absolute Gasteiger partial charge is 0.251 e. The Morgan fingerprint density at radius 2 is 2.33 bits per heavy atom. The van der Waals surface area contributed by atoms with Gasteiger partial charge in [-0.1, -0.05) is 11.6 Å². The molecule has 0 amide bonds. The highest BCUT2D eigenvalue weighted by Gasteiger charge is 2.25. The van der Waals surface area contributed by atoms with Crippen LogP contribution in [-0.2, 0) is 14.8 Å². The number of nitrogens with zero attached hydrogens (tertiary/aromatic N) is 1. The summed E-state index contributed by atoms with van der Waals surface area (Å²) in [5, 5.41) is 0.0386. The molecule has 10 heteroatoms. The van der Waals surface area contributed by atoms with Crippen molar-refractivity contribution in [2.45, 2.75) is 23.8 Å². The van der Waals surface area contributed by atoms with Crippen LogP contribution in [0.1, 0.15) is 6.42 Å². The molecule has 0 spiro atoms. The second kappa shape index (κ2) is 6.82. The lowest BCUT2D eigenvalue weighted by Crippen LogP contribution is -2.29. The molecule has 2 rings (SSSR count). The number of hydrogen-bond donors (Lipinski definition) is 1. The fourth-order valence-electron chi connectivity index (χ4n) is 1.73. The lowest BCUT2D eigenvalue weighted by molar-refractivity contribution is 0.139. The first-order chi connectivity index (χ1) is 9.88. The highest BCUT2D eigenvalue weighted by Crippen LogP contribution is 2.28. The predicted molar refractivity (Wildman–Crippen MR) is 70.3 cm³/mol. The van der Waals surface area contributed by atoms with Crippen molar-refractivity contribution in [3.05, 3.63) is 17.4 Å². The van der Waals surface area contributed by atoms with Crippen molar-refractivity contribution in [3.63, 3.8) is 0 Å². The SMILES string of the molecule is O=S(=O)(NCC(F)F)c1cnc(Cl)cc1O[C@@H]1CCOC1. The molecule has 1 aliphatic heterocycles. The zero-order valence-corrected chi connectivity index (χ0v) is 12.3. The van der Waals surface area contributed by atoms with E-state index in [1.165, 1.54) is 6.07 Å². The summed E-state index contributed by atoms with van der Waals surface area (Å²) in [6, 6.07) is 1.23. The molecule has 0 radical (unpaired) electrons. The Kier molecular flexibility index (Phi) is 5.31. The Morgan fingerprint density at radius 1 is 1.57 bits per heavy atom. The maximum atomic E-state index is 12.2. The molecule has 6 nitrogen and oxygen atoms in total. The summed E-state index contributed by atoms with van der Waals surface area (Å²) in [5.41, 5.74) is 0. The molecule has 1 fully saturated rings. The average molecular weight is 343 g/mol. The van der Waals surface area contributed by atoms with Gasteiger partial charge in [-0.15, -0.1) is 0 Å². The lowest BCUT2D eigenvalue weighted by Gasteiger charge is -2.16. The number of alkyl halides is 2. The van der Waals surface area contributed by atoms with E-state index in [1.807, 2.05) is 0 Å². The van der Waals surface area contributed by atoms with Crippen LogP contribution < -0.4 is 9.46 Å². The van der Waals surface area contributed by atoms with Crippen molar-refractivity contribution in [2.24, 2.45) is 0 Å². The lowest BCUT2D eigenvalue weighted by atomic mass is 10.3. The van der Waals surface area contributed by atoms with E-state index in [0.717, 1.165) is 6.20 Å². The second-order valence-corrected chi connectivity index (χ2v) is 6.42. The molecule has 1 atom stereocenters. The number of pyridine rings is 1. The summed E-state index contributed by atoms with van der Waals surface area (Å²) in [6.07, 6.45) is -1.54. The van der Waals surface area contributed by atoms with Gasteiger partial charge in [0.1, 0.15) is 21.9 Å². The summed E-state index contributed by atoms with van der Waals surface area (Å²) in [4.78, 5) is 3.32. The first kappa shape index (κ1) is 16.3. The quantitative estimate of drug-likeness (QED) is 0.792. The molecular weight excluding hydrogens is 330 g/mol. The van der Waals surface area contributed by atoms with E-state index in [9.17, 15) is 17.2 Å². The standard InChI is InChI=1S/C11H13ClF2N2O4S/c12-10-3-8(20-7-1-2-19-6-7)9(4-15-10)21(17,18)16-5-11(13)14/h3-4,7,11,16H,1-2,5-6H2/t7-/m1/s1. The maximum absolute atomic E-state index is 12.2. The molecule has 0 bridgehead atoms. The zero-order chi connectivity index (χ0) is 15.5. The Hall–Kier alpha value is -1.03. The predicted octanol–water partition coefficient (Wildman–Crippen LogP) is 1.45. The molecular formula is C11H13ClF2N2O4S. The highest BCUT2D eigenvalue weighted by atomic mass is 35.5. The number of ether oxygens (including phenoxy) is 2. The molecule has 21 heavy (non-hydrogen) atoms. The molecule has 2 heterocycles. The summed E-state index contributed by atoms with van der Waals surface area (Å²) in [7, 11) is -4.16. The van der Waals surface area contributed by atoms with Crippen molar-refractivity contribution in [3.8, 4) is 5.75 Å². The van der Waals surface area contributed by atoms with E-state index in [1.54, 1.807) is 4.72 Å². The summed E-state index contributed by atoms with van der Waals surface area (Å²) < 4.78 is 60.8. The minimum atomic E-state index is -4.16. The first-order valence-electron chi connectivity index (χ1n) is 6.06. The van der Waals surface area contributed by atoms with Gasteiger partial charge in [-0.3, -0.25) is 0 Å². The van der Waals surface area contributed by atoms with Crippen LogP contribution in [0, 0.1) is 0 Å². The van der Waals surface area contributed by atoms with Gasteiger partial charge in [0.25, 0.3) is 6.43 Å². The molecule has 1 aliphatic rings. The van der Waals surface area contributed by atoms with Crippen LogP contribution in [-0.4, -0.2) is 45.7 Å². The molecule has 118 valence electrons. The van der Waals surface area contributed by atoms with Gasteiger partial charge in [0.2, 0.25) is 10.0 Å². The van der Waals surface area contributed by atoms with Crippen LogP contribution in [0.5, 0.6) is 5.75 Å². The summed E-state index contributed by atoms with van der Waals surface area (Å²) in [6.45, 7) is -0.157. The van der Waals surface area contributed by atoms with Crippen LogP contribution in [0.2, 0.25) is 5.15 Å². The molecule has 1 saturated heterocycles. The largest absolute Gasteiger partial charge is 0.486 e. The van der Waals surface area contributed by atoms with Gasteiger partial charge >= 0.3 is 0 Å². The van der Waals surface area contributed by atoms with Gasteiger partial charge in [-0.25, -0.2) is 26.9 Å². The molecule has 0 aromatic carbocycles. The zero-order valence-electron chi connectivity index (χ0n) is 10.8. The monoisotopic (exact) mass is 342 g/mol.